The van der Waals surface area contributed by atoms with Crippen LogP contribution in [0.15, 0.2) is 34.3 Å². The molecule has 6 nitrogen and oxygen atoms in total. The molecule has 2 aromatic rings. The van der Waals surface area contributed by atoms with E-state index in [0.717, 1.165) is 74.1 Å². The van der Waals surface area contributed by atoms with Gasteiger partial charge in [-0.1, -0.05) is 80.4 Å². The molecule has 4 bridgehead atoms. The van der Waals surface area contributed by atoms with Gasteiger partial charge in [0, 0.05) is 60.9 Å². The van der Waals surface area contributed by atoms with Crippen molar-refractivity contribution in [2.24, 2.45) is 9.98 Å². The van der Waals surface area contributed by atoms with E-state index in [9.17, 15) is 10.2 Å². The fraction of sp³-hybridized carbons (Fsp3) is 0.611. The van der Waals surface area contributed by atoms with E-state index in [1.54, 1.807) is 0 Å². The van der Waals surface area contributed by atoms with E-state index in [1.165, 1.54) is 11.1 Å². The van der Waals surface area contributed by atoms with Crippen LogP contribution in [0, 0.1) is 0 Å². The van der Waals surface area contributed by atoms with Crippen molar-refractivity contribution in [2.45, 2.75) is 117 Å². The Balaban J connectivity index is 1.83. The maximum absolute atomic E-state index is 11.5. The zero-order valence-corrected chi connectivity index (χ0v) is 27.4. The van der Waals surface area contributed by atoms with Gasteiger partial charge < -0.3 is 10.2 Å². The molecule has 2 aromatic carbocycles. The van der Waals surface area contributed by atoms with Crippen LogP contribution in [0.25, 0.3) is 0 Å². The number of hydrogen-bond acceptors (Lipinski definition) is 6. The van der Waals surface area contributed by atoms with Crippen molar-refractivity contribution in [1.82, 2.24) is 9.80 Å². The molecular formula is C36H54N4O2. The van der Waals surface area contributed by atoms with Gasteiger partial charge >= 0.3 is 0 Å². The molecule has 1 fully saturated rings. The third-order valence-corrected chi connectivity index (χ3v) is 9.09. The van der Waals surface area contributed by atoms with Gasteiger partial charge in [0.25, 0.3) is 0 Å². The molecule has 230 valence electrons. The topological polar surface area (TPSA) is 71.7 Å². The van der Waals surface area contributed by atoms with E-state index in [0.29, 0.717) is 24.6 Å². The zero-order chi connectivity index (χ0) is 30.7. The average molecular weight is 575 g/mol. The molecule has 0 amide bonds. The molecule has 2 N–H and O–H groups in total. The fourth-order valence-electron chi connectivity index (χ4n) is 6.00. The molecule has 2 atom stereocenters. The van der Waals surface area contributed by atoms with Gasteiger partial charge in [0.15, 0.2) is 0 Å². The number of aliphatic imine (C=N–C) groups is 2. The number of hydrogen-bond donors (Lipinski definition) is 2. The van der Waals surface area contributed by atoms with Crippen LogP contribution >= 0.6 is 0 Å². The first-order valence-electron chi connectivity index (χ1n) is 16.0. The minimum absolute atomic E-state index is 0.0452. The Kier molecular flexibility index (Phi) is 10.2. The second-order valence-corrected chi connectivity index (χ2v) is 14.4. The number of benzene rings is 2. The second kappa shape index (κ2) is 13.3. The maximum atomic E-state index is 11.5. The SMILES string of the molecule is CCN1CCN(CC)Cc2cc(C(C)(C)C)cc(c2O)/C=N/[C@@H]2CCCCC2/N=C/c2cc(C(C)(C)C)cc(c2O)C1. The van der Waals surface area contributed by atoms with E-state index in [-0.39, 0.29) is 22.9 Å². The summed E-state index contributed by atoms with van der Waals surface area (Å²) < 4.78 is 0. The summed E-state index contributed by atoms with van der Waals surface area (Å²) in [5.74, 6) is 0.674. The predicted octanol–water partition coefficient (Wildman–Crippen LogP) is 7.20. The molecule has 42 heavy (non-hydrogen) atoms. The van der Waals surface area contributed by atoms with Crippen LogP contribution in [0.4, 0.5) is 0 Å². The van der Waals surface area contributed by atoms with Gasteiger partial charge in [0.2, 0.25) is 0 Å². The first-order chi connectivity index (χ1) is 19.8. The molecule has 0 saturated heterocycles. The lowest BCUT2D eigenvalue weighted by Crippen LogP contribution is -2.35. The highest BCUT2D eigenvalue weighted by molar-refractivity contribution is 5.86. The first-order valence-corrected chi connectivity index (χ1v) is 16.0. The number of fused-ring (bicyclic) bond motifs is 5. The van der Waals surface area contributed by atoms with Crippen molar-refractivity contribution >= 4 is 12.4 Å². The van der Waals surface area contributed by atoms with Crippen LogP contribution in [0.1, 0.15) is 114 Å². The molecule has 1 saturated carbocycles. The number of likely N-dealkylation sites (N-methyl/N-ethyl adjacent to an activating group) is 2. The highest BCUT2D eigenvalue weighted by atomic mass is 16.3. The summed E-state index contributed by atoms with van der Waals surface area (Å²) in [6.45, 7) is 22.6. The lowest BCUT2D eigenvalue weighted by Gasteiger charge is -2.29. The van der Waals surface area contributed by atoms with Gasteiger partial charge in [-0.25, -0.2) is 0 Å². The normalized spacial score (nSPS) is 23.0. The highest BCUT2D eigenvalue weighted by Gasteiger charge is 2.26. The molecule has 0 radical (unpaired) electrons. The number of rotatable bonds is 2. The summed E-state index contributed by atoms with van der Waals surface area (Å²) in [4.78, 5) is 14.9. The standard InChI is InChI=1S/C36H54N4O2/c1-9-39-15-16-40(10-2)24-28-20-30(36(6,7)8)18-26(34(28)42)22-38-32-14-12-11-13-31(32)37-21-25-17-29(35(3,4)5)19-27(23-39)33(25)41/h17-22,31-32,41-42H,9-16,23-24H2,1-8H3/b37-21+,38-22+/t31-,32?/m1/s1. The molecule has 0 spiro atoms. The Morgan fingerprint density at radius 3 is 1.38 bits per heavy atom. The van der Waals surface area contributed by atoms with Gasteiger partial charge in [0.1, 0.15) is 11.5 Å². The Bertz CT molecular complexity index is 1190. The van der Waals surface area contributed by atoms with Crippen LogP contribution in [0.5, 0.6) is 11.5 Å². The summed E-state index contributed by atoms with van der Waals surface area (Å²) >= 11 is 0. The number of phenols is 2. The molecule has 1 heterocycles. The summed E-state index contributed by atoms with van der Waals surface area (Å²) in [6, 6.07) is 8.66. The van der Waals surface area contributed by atoms with Crippen molar-refractivity contribution in [2.75, 3.05) is 26.2 Å². The van der Waals surface area contributed by atoms with Crippen molar-refractivity contribution in [1.29, 1.82) is 0 Å². The largest absolute Gasteiger partial charge is 0.507 e. The minimum Gasteiger partial charge on any atom is -0.507 e. The quantitative estimate of drug-likeness (QED) is 0.398. The Morgan fingerprint density at radius 1 is 0.667 bits per heavy atom. The zero-order valence-electron chi connectivity index (χ0n) is 27.4. The Morgan fingerprint density at radius 2 is 1.05 bits per heavy atom. The monoisotopic (exact) mass is 574 g/mol. The summed E-state index contributed by atoms with van der Waals surface area (Å²) in [5, 5.41) is 22.9. The third kappa shape index (κ3) is 7.82. The molecule has 1 aliphatic carbocycles. The van der Waals surface area contributed by atoms with Crippen molar-refractivity contribution < 1.29 is 10.2 Å². The van der Waals surface area contributed by atoms with Crippen molar-refractivity contribution in [3.05, 3.63) is 57.6 Å². The first kappa shape index (κ1) is 32.2. The predicted molar refractivity (Wildman–Crippen MR) is 177 cm³/mol. The molecule has 4 rings (SSSR count). The Hall–Kier alpha value is -2.70. The number of nitrogens with zero attached hydrogens (tertiary/aromatic N) is 4. The summed E-state index contributed by atoms with van der Waals surface area (Å²) in [7, 11) is 0. The van der Waals surface area contributed by atoms with Crippen LogP contribution < -0.4 is 0 Å². The lowest BCUT2D eigenvalue weighted by atomic mass is 9.84. The van der Waals surface area contributed by atoms with Crippen molar-refractivity contribution in [3.63, 3.8) is 0 Å². The van der Waals surface area contributed by atoms with Crippen LogP contribution in [0.2, 0.25) is 0 Å². The Labute approximate surface area is 254 Å². The van der Waals surface area contributed by atoms with Gasteiger partial charge in [-0.3, -0.25) is 19.8 Å². The van der Waals surface area contributed by atoms with Crippen LogP contribution in [-0.4, -0.2) is 70.7 Å². The van der Waals surface area contributed by atoms with E-state index >= 15 is 0 Å². The number of phenolic OH excluding ortho intramolecular Hbond substituents is 2. The van der Waals surface area contributed by atoms with Crippen molar-refractivity contribution in [3.8, 4) is 11.5 Å². The molecule has 0 aromatic heterocycles. The van der Waals surface area contributed by atoms with Crippen LogP contribution in [0.3, 0.4) is 0 Å². The highest BCUT2D eigenvalue weighted by Crippen LogP contribution is 2.34. The molecule has 2 aliphatic rings. The van der Waals surface area contributed by atoms with Gasteiger partial charge in [-0.05, 0) is 60.0 Å². The molecule has 6 heteroatoms. The van der Waals surface area contributed by atoms with Crippen LogP contribution in [-0.2, 0) is 23.9 Å². The molecule has 1 aliphatic heterocycles. The lowest BCUT2D eigenvalue weighted by molar-refractivity contribution is 0.202. The third-order valence-electron chi connectivity index (χ3n) is 9.09. The fourth-order valence-corrected chi connectivity index (χ4v) is 6.00. The minimum atomic E-state index is -0.0452. The number of aromatic hydroxyl groups is 2. The summed E-state index contributed by atoms with van der Waals surface area (Å²) in [6.07, 6.45) is 7.97. The summed E-state index contributed by atoms with van der Waals surface area (Å²) in [5.41, 5.74) is 5.81. The van der Waals surface area contributed by atoms with E-state index in [2.05, 4.69) is 89.5 Å². The van der Waals surface area contributed by atoms with Gasteiger partial charge in [0.05, 0.1) is 12.1 Å². The average Bonchev–Trinajstić information content (AvgIpc) is 2.93. The molecule has 1 unspecified atom stereocenters. The van der Waals surface area contributed by atoms with E-state index in [1.807, 2.05) is 12.4 Å². The van der Waals surface area contributed by atoms with E-state index in [4.69, 9.17) is 9.98 Å². The van der Waals surface area contributed by atoms with E-state index < -0.39 is 0 Å². The van der Waals surface area contributed by atoms with Gasteiger partial charge in [-0.15, -0.1) is 0 Å². The van der Waals surface area contributed by atoms with Gasteiger partial charge in [-0.2, -0.15) is 0 Å². The maximum Gasteiger partial charge on any atom is 0.128 e. The second-order valence-electron chi connectivity index (χ2n) is 14.4. The molecular weight excluding hydrogens is 520 g/mol. The smallest absolute Gasteiger partial charge is 0.128 e.